The Kier molecular flexibility index (Phi) is 1.44. The predicted octanol–water partition coefficient (Wildman–Crippen LogP) is 0.210. The van der Waals surface area contributed by atoms with Gasteiger partial charge in [0.25, 0.3) is 0 Å². The van der Waals surface area contributed by atoms with E-state index in [2.05, 4.69) is 15.8 Å². The molecule has 0 unspecified atom stereocenters. The third kappa shape index (κ3) is 0.998. The molecule has 1 aromatic rings. The van der Waals surface area contributed by atoms with Gasteiger partial charge in [0.2, 0.25) is 0 Å². The van der Waals surface area contributed by atoms with Crippen LogP contribution < -0.4 is 10.9 Å². The Balaban J connectivity index is 2.45. The van der Waals surface area contributed by atoms with E-state index in [-0.39, 0.29) is 5.56 Å². The number of fused-ring (bicyclic) bond motifs is 1. The number of hydrazine groups is 1. The van der Waals surface area contributed by atoms with Crippen LogP contribution in [0.15, 0.2) is 12.3 Å². The second kappa shape index (κ2) is 2.46. The van der Waals surface area contributed by atoms with Gasteiger partial charge in [-0.25, -0.2) is 15.2 Å². The summed E-state index contributed by atoms with van der Waals surface area (Å²) in [6.45, 7) is 0.615. The standard InChI is InChI=1S/C7H7N3O2/c11-7(12)5-1-4-3-9-10-6(4)8-2-5/h1-2,9H,3H2,(H,8,10)(H,11,12). The van der Waals surface area contributed by atoms with Crippen LogP contribution in [0.1, 0.15) is 15.9 Å². The van der Waals surface area contributed by atoms with E-state index in [1.54, 1.807) is 6.07 Å². The van der Waals surface area contributed by atoms with Crippen LogP contribution in [0, 0.1) is 0 Å². The van der Waals surface area contributed by atoms with E-state index in [1.807, 2.05) is 0 Å². The van der Waals surface area contributed by atoms with E-state index >= 15 is 0 Å². The van der Waals surface area contributed by atoms with Crippen molar-refractivity contribution in [3.05, 3.63) is 23.4 Å². The Morgan fingerprint density at radius 2 is 2.50 bits per heavy atom. The molecule has 0 saturated carbocycles. The summed E-state index contributed by atoms with van der Waals surface area (Å²) in [7, 11) is 0. The lowest BCUT2D eigenvalue weighted by atomic mass is 10.2. The van der Waals surface area contributed by atoms with Crippen LogP contribution in [0.5, 0.6) is 0 Å². The Labute approximate surface area is 68.4 Å². The molecule has 2 rings (SSSR count). The van der Waals surface area contributed by atoms with Crippen molar-refractivity contribution in [3.63, 3.8) is 0 Å². The highest BCUT2D eigenvalue weighted by Crippen LogP contribution is 2.17. The second-order valence-corrected chi connectivity index (χ2v) is 2.52. The molecule has 0 saturated heterocycles. The van der Waals surface area contributed by atoms with Crippen molar-refractivity contribution in [3.8, 4) is 0 Å². The number of nitrogens with zero attached hydrogens (tertiary/aromatic N) is 1. The molecule has 0 fully saturated rings. The van der Waals surface area contributed by atoms with E-state index < -0.39 is 5.97 Å². The van der Waals surface area contributed by atoms with Crippen molar-refractivity contribution in [2.75, 3.05) is 5.43 Å². The highest BCUT2D eigenvalue weighted by molar-refractivity contribution is 5.87. The molecular formula is C7H7N3O2. The normalized spacial score (nSPS) is 13.7. The molecule has 3 N–H and O–H groups in total. The first-order valence-corrected chi connectivity index (χ1v) is 3.48. The summed E-state index contributed by atoms with van der Waals surface area (Å²) in [4.78, 5) is 14.4. The lowest BCUT2D eigenvalue weighted by molar-refractivity contribution is 0.0696. The van der Waals surface area contributed by atoms with E-state index in [9.17, 15) is 4.79 Å². The molecule has 1 aromatic heterocycles. The second-order valence-electron chi connectivity index (χ2n) is 2.52. The van der Waals surface area contributed by atoms with Crippen LogP contribution >= 0.6 is 0 Å². The first kappa shape index (κ1) is 7.05. The van der Waals surface area contributed by atoms with Crippen molar-refractivity contribution >= 4 is 11.8 Å². The number of hydrogen-bond acceptors (Lipinski definition) is 4. The predicted molar refractivity (Wildman–Crippen MR) is 41.7 cm³/mol. The van der Waals surface area contributed by atoms with Crippen molar-refractivity contribution < 1.29 is 9.90 Å². The van der Waals surface area contributed by atoms with Crippen LogP contribution in [0.4, 0.5) is 5.82 Å². The Morgan fingerprint density at radius 1 is 1.67 bits per heavy atom. The molecule has 1 aliphatic heterocycles. The highest BCUT2D eigenvalue weighted by Gasteiger charge is 2.13. The SMILES string of the molecule is O=C(O)c1cnc2c(c1)CNN2. The van der Waals surface area contributed by atoms with Crippen molar-refractivity contribution in [2.45, 2.75) is 6.54 Å². The van der Waals surface area contributed by atoms with Crippen LogP contribution in [0.25, 0.3) is 0 Å². The number of pyridine rings is 1. The van der Waals surface area contributed by atoms with Gasteiger partial charge in [0.1, 0.15) is 5.82 Å². The number of aromatic carboxylic acids is 1. The summed E-state index contributed by atoms with van der Waals surface area (Å²) in [5.41, 5.74) is 6.77. The fraction of sp³-hybridized carbons (Fsp3) is 0.143. The number of rotatable bonds is 1. The van der Waals surface area contributed by atoms with Gasteiger partial charge in [-0.1, -0.05) is 0 Å². The molecule has 0 bridgehead atoms. The maximum absolute atomic E-state index is 10.5. The number of aromatic nitrogens is 1. The van der Waals surface area contributed by atoms with Crippen molar-refractivity contribution in [1.29, 1.82) is 0 Å². The van der Waals surface area contributed by atoms with E-state index in [1.165, 1.54) is 6.20 Å². The maximum atomic E-state index is 10.5. The lowest BCUT2D eigenvalue weighted by Crippen LogP contribution is -2.11. The molecule has 0 atom stereocenters. The average Bonchev–Trinajstić information content (AvgIpc) is 2.49. The molecule has 62 valence electrons. The Morgan fingerprint density at radius 3 is 3.25 bits per heavy atom. The van der Waals surface area contributed by atoms with Crippen molar-refractivity contribution in [1.82, 2.24) is 10.4 Å². The number of hydrogen-bond donors (Lipinski definition) is 3. The van der Waals surface area contributed by atoms with E-state index in [0.717, 1.165) is 5.56 Å². The summed E-state index contributed by atoms with van der Waals surface area (Å²) < 4.78 is 0. The molecule has 0 radical (unpaired) electrons. The number of anilines is 1. The number of nitrogens with one attached hydrogen (secondary N) is 2. The van der Waals surface area contributed by atoms with Gasteiger partial charge in [0, 0.05) is 18.3 Å². The summed E-state index contributed by atoms with van der Waals surface area (Å²) in [6.07, 6.45) is 1.33. The fourth-order valence-electron chi connectivity index (χ4n) is 1.10. The zero-order valence-corrected chi connectivity index (χ0v) is 6.16. The number of carboxylic acids is 1. The largest absolute Gasteiger partial charge is 0.478 e. The Hall–Kier alpha value is -1.62. The zero-order valence-electron chi connectivity index (χ0n) is 6.16. The monoisotopic (exact) mass is 165 g/mol. The van der Waals surface area contributed by atoms with Crippen LogP contribution in [-0.4, -0.2) is 16.1 Å². The van der Waals surface area contributed by atoms with Gasteiger partial charge in [0.05, 0.1) is 5.56 Å². The smallest absolute Gasteiger partial charge is 0.337 e. The van der Waals surface area contributed by atoms with Crippen LogP contribution in [-0.2, 0) is 6.54 Å². The number of carboxylic acid groups (broad SMARTS) is 1. The van der Waals surface area contributed by atoms with Gasteiger partial charge in [-0.05, 0) is 6.07 Å². The quantitative estimate of drug-likeness (QED) is 0.554. The van der Waals surface area contributed by atoms with Gasteiger partial charge < -0.3 is 10.5 Å². The third-order valence-electron chi connectivity index (χ3n) is 1.70. The first-order valence-electron chi connectivity index (χ1n) is 3.48. The number of carbonyl (C=O) groups is 1. The average molecular weight is 165 g/mol. The van der Waals surface area contributed by atoms with Gasteiger partial charge in [-0.2, -0.15) is 0 Å². The molecule has 0 aromatic carbocycles. The molecule has 1 aliphatic rings. The van der Waals surface area contributed by atoms with Crippen molar-refractivity contribution in [2.24, 2.45) is 0 Å². The molecule has 0 spiro atoms. The van der Waals surface area contributed by atoms with Gasteiger partial charge >= 0.3 is 5.97 Å². The molecule has 0 aliphatic carbocycles. The third-order valence-corrected chi connectivity index (χ3v) is 1.70. The highest BCUT2D eigenvalue weighted by atomic mass is 16.4. The van der Waals surface area contributed by atoms with E-state index in [4.69, 9.17) is 5.11 Å². The van der Waals surface area contributed by atoms with Gasteiger partial charge in [-0.3, -0.25) is 0 Å². The molecule has 2 heterocycles. The molecule has 5 heteroatoms. The van der Waals surface area contributed by atoms with Gasteiger partial charge in [0.15, 0.2) is 0 Å². The Bertz CT molecular complexity index is 337. The topological polar surface area (TPSA) is 74.2 Å². The minimum absolute atomic E-state index is 0.222. The van der Waals surface area contributed by atoms with Crippen LogP contribution in [0.3, 0.4) is 0 Å². The molecular weight excluding hydrogens is 158 g/mol. The molecule has 12 heavy (non-hydrogen) atoms. The summed E-state index contributed by atoms with van der Waals surface area (Å²) in [5, 5.41) is 8.64. The summed E-state index contributed by atoms with van der Waals surface area (Å²) >= 11 is 0. The molecule has 5 nitrogen and oxygen atoms in total. The fourth-order valence-corrected chi connectivity index (χ4v) is 1.10. The van der Waals surface area contributed by atoms with Gasteiger partial charge in [-0.15, -0.1) is 0 Å². The zero-order chi connectivity index (χ0) is 8.55. The lowest BCUT2D eigenvalue weighted by Gasteiger charge is -1.97. The first-order chi connectivity index (χ1) is 5.77. The summed E-state index contributed by atoms with van der Waals surface area (Å²) in [5.74, 6) is -0.239. The maximum Gasteiger partial charge on any atom is 0.337 e. The minimum atomic E-state index is -0.947. The summed E-state index contributed by atoms with van der Waals surface area (Å²) in [6, 6.07) is 1.61. The van der Waals surface area contributed by atoms with Crippen LogP contribution in [0.2, 0.25) is 0 Å². The van der Waals surface area contributed by atoms with E-state index in [0.29, 0.717) is 12.4 Å². The molecule has 0 amide bonds. The minimum Gasteiger partial charge on any atom is -0.478 e.